The molecule has 0 bridgehead atoms. The van der Waals surface area contributed by atoms with Crippen LogP contribution in [-0.4, -0.2) is 15.6 Å². The van der Waals surface area contributed by atoms with E-state index >= 15 is 0 Å². The van der Waals surface area contributed by atoms with Crippen molar-refractivity contribution in [3.05, 3.63) is 109 Å². The Labute approximate surface area is 187 Å². The van der Waals surface area contributed by atoms with Crippen molar-refractivity contribution in [2.24, 2.45) is 0 Å². The Morgan fingerprint density at radius 2 is 1.38 bits per heavy atom. The summed E-state index contributed by atoms with van der Waals surface area (Å²) in [6.45, 7) is 0. The second-order valence-corrected chi connectivity index (χ2v) is 8.76. The number of benzene rings is 3. The van der Waals surface area contributed by atoms with Crippen LogP contribution in [0.4, 0.5) is 11.5 Å². The zero-order valence-electron chi connectivity index (χ0n) is 17.7. The number of hydrogen-bond donors (Lipinski definition) is 0. The first-order valence-corrected chi connectivity index (χ1v) is 11.4. The highest BCUT2D eigenvalue weighted by atomic mass is 15.3. The lowest BCUT2D eigenvalue weighted by atomic mass is 9.87. The third-order valence-corrected chi connectivity index (χ3v) is 7.06. The molecule has 0 saturated carbocycles. The lowest BCUT2D eigenvalue weighted by Gasteiger charge is -2.29. The molecule has 2 atom stereocenters. The zero-order chi connectivity index (χ0) is 21.1. The Morgan fingerprint density at radius 1 is 0.688 bits per heavy atom. The van der Waals surface area contributed by atoms with Gasteiger partial charge in [-0.2, -0.15) is 0 Å². The van der Waals surface area contributed by atoms with Gasteiger partial charge in [-0.3, -0.25) is 4.57 Å². The number of para-hydroxylation sites is 3. The molecular weight excluding hydrogens is 390 g/mol. The maximum atomic E-state index is 5.24. The minimum Gasteiger partial charge on any atom is -0.319 e. The number of aromatic nitrogens is 2. The molecule has 3 nitrogen and oxygen atoms in total. The van der Waals surface area contributed by atoms with E-state index in [1.54, 1.807) is 0 Å². The van der Waals surface area contributed by atoms with Crippen LogP contribution in [0.1, 0.15) is 24.3 Å². The van der Waals surface area contributed by atoms with Crippen molar-refractivity contribution in [3.8, 4) is 5.82 Å². The van der Waals surface area contributed by atoms with Gasteiger partial charge in [-0.05, 0) is 48.7 Å². The predicted molar refractivity (Wildman–Crippen MR) is 132 cm³/mol. The minimum atomic E-state index is 0.335. The molecule has 1 aliphatic heterocycles. The Bertz CT molecular complexity index is 1460. The number of hydrogen-bond acceptors (Lipinski definition) is 2. The molecule has 7 rings (SSSR count). The quantitative estimate of drug-likeness (QED) is 0.287. The number of nitrogens with zero attached hydrogens (tertiary/aromatic N) is 3. The van der Waals surface area contributed by atoms with Gasteiger partial charge in [0.15, 0.2) is 0 Å². The second-order valence-electron chi connectivity index (χ2n) is 8.76. The molecule has 2 unspecified atom stereocenters. The second kappa shape index (κ2) is 6.83. The Balaban J connectivity index is 1.44. The van der Waals surface area contributed by atoms with Crippen molar-refractivity contribution >= 4 is 33.3 Å². The normalized spacial score (nSPS) is 19.4. The van der Waals surface area contributed by atoms with Gasteiger partial charge in [0.05, 0.1) is 17.1 Å². The van der Waals surface area contributed by atoms with Crippen LogP contribution >= 0.6 is 0 Å². The van der Waals surface area contributed by atoms with Gasteiger partial charge in [-0.25, -0.2) is 4.98 Å². The molecule has 0 spiro atoms. The summed E-state index contributed by atoms with van der Waals surface area (Å²) < 4.78 is 2.30. The molecule has 3 heterocycles. The summed E-state index contributed by atoms with van der Waals surface area (Å²) in [7, 11) is 0. The van der Waals surface area contributed by atoms with Crippen molar-refractivity contribution in [1.82, 2.24) is 9.55 Å². The molecule has 0 radical (unpaired) electrons. The molecule has 0 amide bonds. The Kier molecular flexibility index (Phi) is 3.80. The van der Waals surface area contributed by atoms with E-state index in [0.717, 1.165) is 18.1 Å². The molecule has 3 aromatic carbocycles. The monoisotopic (exact) mass is 413 g/mol. The molecule has 154 valence electrons. The van der Waals surface area contributed by atoms with Crippen molar-refractivity contribution < 1.29 is 0 Å². The molecule has 32 heavy (non-hydrogen) atoms. The average Bonchev–Trinajstić information content (AvgIpc) is 3.37. The summed E-state index contributed by atoms with van der Waals surface area (Å²) in [5.41, 5.74) is 5.12. The fourth-order valence-electron chi connectivity index (χ4n) is 5.72. The third-order valence-electron chi connectivity index (χ3n) is 7.06. The highest BCUT2D eigenvalue weighted by Crippen LogP contribution is 2.48. The number of allylic oxidation sites excluding steroid dienone is 1. The average molecular weight is 414 g/mol. The standard InChI is InChI=1S/C29H23N3/c1-5-14-24-20(10-1)21-11-2-6-15-25(21)31(24)28-18-9-19-29(30-28)32-26-16-7-3-12-22(26)23-13-4-8-17-27(23)32/h1-3,5-12,14-19,23,27H,4,13H2. The fraction of sp³-hybridized carbons (Fsp3) is 0.138. The number of fused-ring (bicyclic) bond motifs is 6. The highest BCUT2D eigenvalue weighted by Gasteiger charge is 2.39. The maximum absolute atomic E-state index is 5.24. The lowest BCUT2D eigenvalue weighted by molar-refractivity contribution is 0.571. The van der Waals surface area contributed by atoms with E-state index in [0.29, 0.717) is 12.0 Å². The lowest BCUT2D eigenvalue weighted by Crippen LogP contribution is -2.30. The van der Waals surface area contributed by atoms with Gasteiger partial charge in [0.25, 0.3) is 0 Å². The summed E-state index contributed by atoms with van der Waals surface area (Å²) in [6, 6.07) is 32.8. The third kappa shape index (κ3) is 2.45. The van der Waals surface area contributed by atoms with Crippen LogP contribution in [-0.2, 0) is 0 Å². The molecule has 0 N–H and O–H groups in total. The summed E-state index contributed by atoms with van der Waals surface area (Å²) >= 11 is 0. The van der Waals surface area contributed by atoms with Crippen LogP contribution in [0, 0.1) is 0 Å². The summed E-state index contributed by atoms with van der Waals surface area (Å²) in [5, 5.41) is 2.52. The molecule has 5 aromatic rings. The molecule has 1 aliphatic carbocycles. The van der Waals surface area contributed by atoms with Crippen LogP contribution in [0.3, 0.4) is 0 Å². The predicted octanol–water partition coefficient (Wildman–Crippen LogP) is 7.13. The van der Waals surface area contributed by atoms with E-state index in [-0.39, 0.29) is 0 Å². The first-order chi connectivity index (χ1) is 15.9. The number of anilines is 2. The van der Waals surface area contributed by atoms with Crippen molar-refractivity contribution in [3.63, 3.8) is 0 Å². The van der Waals surface area contributed by atoms with E-state index in [9.17, 15) is 0 Å². The molecular formula is C29H23N3. The maximum Gasteiger partial charge on any atom is 0.140 e. The van der Waals surface area contributed by atoms with Crippen LogP contribution in [0.2, 0.25) is 0 Å². The van der Waals surface area contributed by atoms with Gasteiger partial charge >= 0.3 is 0 Å². The van der Waals surface area contributed by atoms with Crippen molar-refractivity contribution in [2.75, 3.05) is 4.90 Å². The Hall–Kier alpha value is -3.85. The molecule has 0 fully saturated rings. The van der Waals surface area contributed by atoms with E-state index in [4.69, 9.17) is 4.98 Å². The van der Waals surface area contributed by atoms with Gasteiger partial charge in [-0.1, -0.05) is 72.8 Å². The largest absolute Gasteiger partial charge is 0.319 e. The van der Waals surface area contributed by atoms with Gasteiger partial charge in [0.1, 0.15) is 11.6 Å². The van der Waals surface area contributed by atoms with Crippen molar-refractivity contribution in [2.45, 2.75) is 24.8 Å². The molecule has 0 saturated heterocycles. The van der Waals surface area contributed by atoms with Gasteiger partial charge in [-0.15, -0.1) is 0 Å². The number of rotatable bonds is 2. The Morgan fingerprint density at radius 3 is 2.19 bits per heavy atom. The van der Waals surface area contributed by atoms with E-state index in [1.807, 2.05) is 0 Å². The minimum absolute atomic E-state index is 0.335. The zero-order valence-corrected chi connectivity index (χ0v) is 17.7. The summed E-state index contributed by atoms with van der Waals surface area (Å²) in [4.78, 5) is 7.68. The van der Waals surface area contributed by atoms with E-state index in [1.165, 1.54) is 39.5 Å². The SMILES string of the molecule is C1=CC2C(CC1)c1ccccc1N2c1cccc(-n2c3ccccc3c3ccccc32)n1. The van der Waals surface area contributed by atoms with Crippen LogP contribution < -0.4 is 4.90 Å². The molecule has 3 heteroatoms. The smallest absolute Gasteiger partial charge is 0.140 e. The summed E-state index contributed by atoms with van der Waals surface area (Å²) in [6.07, 6.45) is 7.05. The molecule has 2 aliphatic rings. The topological polar surface area (TPSA) is 21.1 Å². The van der Waals surface area contributed by atoms with E-state index in [2.05, 4.69) is 113 Å². The fourth-order valence-corrected chi connectivity index (χ4v) is 5.72. The van der Waals surface area contributed by atoms with Gasteiger partial charge < -0.3 is 4.90 Å². The van der Waals surface area contributed by atoms with Gasteiger partial charge in [0, 0.05) is 22.4 Å². The van der Waals surface area contributed by atoms with Gasteiger partial charge in [0.2, 0.25) is 0 Å². The first-order valence-electron chi connectivity index (χ1n) is 11.4. The van der Waals surface area contributed by atoms with Crippen LogP contribution in [0.25, 0.3) is 27.6 Å². The van der Waals surface area contributed by atoms with Crippen LogP contribution in [0.5, 0.6) is 0 Å². The summed E-state index contributed by atoms with van der Waals surface area (Å²) in [5.74, 6) is 2.51. The van der Waals surface area contributed by atoms with Crippen molar-refractivity contribution in [1.29, 1.82) is 0 Å². The number of pyridine rings is 1. The highest BCUT2D eigenvalue weighted by molar-refractivity contribution is 6.09. The van der Waals surface area contributed by atoms with E-state index < -0.39 is 0 Å². The van der Waals surface area contributed by atoms with Crippen LogP contribution in [0.15, 0.2) is 103 Å². The molecule has 2 aromatic heterocycles. The first kappa shape index (κ1) is 17.8.